The molecule has 12 nitrogen and oxygen atoms in total. The molecule has 0 atom stereocenters. The van der Waals surface area contributed by atoms with Crippen molar-refractivity contribution in [1.82, 2.24) is 44.4 Å². The van der Waals surface area contributed by atoms with E-state index in [0.717, 1.165) is 24.1 Å². The number of H-pyrrole nitrogens is 1. The predicted molar refractivity (Wildman–Crippen MR) is 111 cm³/mol. The van der Waals surface area contributed by atoms with Crippen LogP contribution in [-0.2, 0) is 17.8 Å². The molecule has 5 aromatic heterocycles. The van der Waals surface area contributed by atoms with Crippen molar-refractivity contribution in [3.05, 3.63) is 54.0 Å². The number of carbonyl (C=O) groups excluding carboxylic acids is 1. The monoisotopic (exact) mass is 430 g/mol. The Morgan fingerprint density at radius 1 is 1.12 bits per heavy atom. The van der Waals surface area contributed by atoms with Gasteiger partial charge in [0.25, 0.3) is 0 Å². The van der Waals surface area contributed by atoms with Gasteiger partial charge in [-0.25, -0.2) is 14.5 Å². The molecule has 0 bridgehead atoms. The lowest BCUT2D eigenvalue weighted by molar-refractivity contribution is -0.117. The Bertz CT molecular complexity index is 1460. The first-order valence-corrected chi connectivity index (χ1v) is 10.2. The van der Waals surface area contributed by atoms with Crippen molar-refractivity contribution in [1.29, 1.82) is 0 Å². The number of aromatic amines is 1. The second kappa shape index (κ2) is 7.20. The van der Waals surface area contributed by atoms with Gasteiger partial charge in [-0.2, -0.15) is 10.2 Å². The Balaban J connectivity index is 1.28. The van der Waals surface area contributed by atoms with Gasteiger partial charge in [-0.1, -0.05) is 0 Å². The second-order valence-corrected chi connectivity index (χ2v) is 7.72. The third kappa shape index (κ3) is 3.36. The number of pyridine rings is 1. The van der Waals surface area contributed by atoms with Crippen LogP contribution in [0.15, 0.2) is 36.7 Å². The lowest BCUT2D eigenvalue weighted by Crippen LogP contribution is -2.13. The van der Waals surface area contributed by atoms with Crippen LogP contribution in [0, 0.1) is 5.92 Å². The molecular formula is C20H18N10O2. The summed E-state index contributed by atoms with van der Waals surface area (Å²) in [4.78, 5) is 20.6. The van der Waals surface area contributed by atoms with Crippen LogP contribution in [0.25, 0.3) is 22.7 Å². The predicted octanol–water partition coefficient (Wildman–Crippen LogP) is 0.989. The largest absolute Gasteiger partial charge is 0.388 e. The number of nitrogens with zero attached hydrogens (tertiary/aromatic N) is 8. The van der Waals surface area contributed by atoms with E-state index in [9.17, 15) is 9.90 Å². The number of carbonyl (C=O) groups is 1. The molecule has 160 valence electrons. The van der Waals surface area contributed by atoms with Gasteiger partial charge in [-0.3, -0.25) is 14.3 Å². The average molecular weight is 430 g/mol. The van der Waals surface area contributed by atoms with Crippen molar-refractivity contribution in [3.8, 4) is 11.4 Å². The molecule has 1 aliphatic carbocycles. The van der Waals surface area contributed by atoms with Crippen molar-refractivity contribution < 1.29 is 9.90 Å². The van der Waals surface area contributed by atoms with Gasteiger partial charge < -0.3 is 10.4 Å². The second-order valence-electron chi connectivity index (χ2n) is 7.72. The van der Waals surface area contributed by atoms with Gasteiger partial charge in [0.15, 0.2) is 28.8 Å². The van der Waals surface area contributed by atoms with E-state index in [1.165, 1.54) is 0 Å². The standard InChI is InChI=1S/C20H18N10O2/c31-10-15-22-19(27-24-15)12-3-5-17-25-26-18(29(17)8-12)7-13-4-6-16-21-14(9-30(16)28-13)23-20(32)11-1-2-11/h3-6,8-9,11,31H,1-2,7,10H2,(H,23,32)(H,22,24,27). The van der Waals surface area contributed by atoms with E-state index in [1.807, 2.05) is 34.9 Å². The fraction of sp³-hybridized carbons (Fsp3) is 0.250. The number of imidazole rings is 1. The highest BCUT2D eigenvalue weighted by Gasteiger charge is 2.30. The molecule has 1 amide bonds. The van der Waals surface area contributed by atoms with Crippen molar-refractivity contribution >= 4 is 23.0 Å². The molecule has 3 N–H and O–H groups in total. The normalized spacial score (nSPS) is 13.8. The fourth-order valence-corrected chi connectivity index (χ4v) is 3.50. The number of aromatic nitrogens is 9. The highest BCUT2D eigenvalue weighted by Crippen LogP contribution is 2.30. The molecule has 0 aliphatic heterocycles. The zero-order valence-corrected chi connectivity index (χ0v) is 16.8. The molecule has 0 unspecified atom stereocenters. The summed E-state index contributed by atoms with van der Waals surface area (Å²) in [5.41, 5.74) is 2.88. The summed E-state index contributed by atoms with van der Waals surface area (Å²) in [6.45, 7) is -0.207. The third-order valence-corrected chi connectivity index (χ3v) is 5.33. The quantitative estimate of drug-likeness (QED) is 0.361. The smallest absolute Gasteiger partial charge is 0.228 e. The van der Waals surface area contributed by atoms with Crippen molar-refractivity contribution in [2.75, 3.05) is 5.32 Å². The van der Waals surface area contributed by atoms with E-state index < -0.39 is 0 Å². The minimum absolute atomic E-state index is 0.0110. The molecule has 5 heterocycles. The van der Waals surface area contributed by atoms with Gasteiger partial charge in [0.2, 0.25) is 5.91 Å². The third-order valence-electron chi connectivity index (χ3n) is 5.33. The zero-order chi connectivity index (χ0) is 21.7. The number of rotatable bonds is 6. The van der Waals surface area contributed by atoms with E-state index in [2.05, 4.69) is 40.8 Å². The summed E-state index contributed by atoms with van der Waals surface area (Å²) in [5, 5.41) is 32.0. The summed E-state index contributed by atoms with van der Waals surface area (Å²) in [7, 11) is 0. The SMILES string of the molecule is O=C(Nc1cn2nc(Cc3nnc4ccc(-c5n[nH]c(CO)n5)cn34)ccc2n1)C1CC1. The Labute approximate surface area is 180 Å². The lowest BCUT2D eigenvalue weighted by atomic mass is 10.2. The van der Waals surface area contributed by atoms with Crippen molar-refractivity contribution in [3.63, 3.8) is 0 Å². The molecule has 32 heavy (non-hydrogen) atoms. The summed E-state index contributed by atoms with van der Waals surface area (Å²) in [6.07, 6.45) is 5.89. The first-order chi connectivity index (χ1) is 15.7. The van der Waals surface area contributed by atoms with Gasteiger partial charge >= 0.3 is 0 Å². The highest BCUT2D eigenvalue weighted by molar-refractivity contribution is 5.93. The molecule has 6 rings (SSSR count). The van der Waals surface area contributed by atoms with E-state index in [4.69, 9.17) is 0 Å². The van der Waals surface area contributed by atoms with E-state index in [0.29, 0.717) is 41.0 Å². The lowest BCUT2D eigenvalue weighted by Gasteiger charge is -2.02. The topological polar surface area (TPSA) is 151 Å². The number of hydrogen-bond donors (Lipinski definition) is 3. The maximum atomic E-state index is 12.0. The first kappa shape index (κ1) is 18.6. The Morgan fingerprint density at radius 3 is 2.81 bits per heavy atom. The van der Waals surface area contributed by atoms with Crippen LogP contribution in [0.1, 0.15) is 30.2 Å². The molecule has 12 heteroatoms. The summed E-state index contributed by atoms with van der Waals surface area (Å²) in [5.74, 6) is 2.20. The van der Waals surface area contributed by atoms with Crippen LogP contribution < -0.4 is 5.32 Å². The molecule has 1 saturated carbocycles. The Kier molecular flexibility index (Phi) is 4.18. The number of aliphatic hydroxyl groups excluding tert-OH is 1. The van der Waals surface area contributed by atoms with Gasteiger partial charge in [0, 0.05) is 17.7 Å². The summed E-state index contributed by atoms with van der Waals surface area (Å²) >= 11 is 0. The van der Waals surface area contributed by atoms with E-state index in [-0.39, 0.29) is 18.4 Å². The minimum atomic E-state index is -0.207. The number of aliphatic hydroxyl groups is 1. The van der Waals surface area contributed by atoms with E-state index >= 15 is 0 Å². The maximum absolute atomic E-state index is 12.0. The van der Waals surface area contributed by atoms with Crippen LogP contribution >= 0.6 is 0 Å². The molecular weight excluding hydrogens is 412 g/mol. The van der Waals surface area contributed by atoms with Crippen LogP contribution in [0.4, 0.5) is 5.82 Å². The fourth-order valence-electron chi connectivity index (χ4n) is 3.50. The highest BCUT2D eigenvalue weighted by atomic mass is 16.3. The van der Waals surface area contributed by atoms with Crippen LogP contribution in [0.2, 0.25) is 0 Å². The van der Waals surface area contributed by atoms with Crippen LogP contribution in [0.3, 0.4) is 0 Å². The number of amides is 1. The molecule has 0 aromatic carbocycles. The minimum Gasteiger partial charge on any atom is -0.388 e. The number of anilines is 1. The first-order valence-electron chi connectivity index (χ1n) is 10.2. The molecule has 1 fully saturated rings. The summed E-state index contributed by atoms with van der Waals surface area (Å²) in [6, 6.07) is 7.42. The van der Waals surface area contributed by atoms with Crippen molar-refractivity contribution in [2.45, 2.75) is 25.9 Å². The average Bonchev–Trinajstić information content (AvgIpc) is 3.23. The van der Waals surface area contributed by atoms with Crippen LogP contribution in [-0.4, -0.2) is 55.4 Å². The number of fused-ring (bicyclic) bond motifs is 2. The Morgan fingerprint density at radius 2 is 2.00 bits per heavy atom. The molecule has 0 saturated heterocycles. The molecule has 5 aromatic rings. The van der Waals surface area contributed by atoms with Gasteiger partial charge in [-0.15, -0.1) is 10.2 Å². The van der Waals surface area contributed by atoms with Gasteiger partial charge in [0.05, 0.1) is 18.3 Å². The van der Waals surface area contributed by atoms with Crippen molar-refractivity contribution in [2.24, 2.45) is 5.92 Å². The number of hydrogen-bond acceptors (Lipinski definition) is 8. The van der Waals surface area contributed by atoms with Crippen LogP contribution in [0.5, 0.6) is 0 Å². The summed E-state index contributed by atoms with van der Waals surface area (Å²) < 4.78 is 3.52. The maximum Gasteiger partial charge on any atom is 0.228 e. The zero-order valence-electron chi connectivity index (χ0n) is 16.8. The van der Waals surface area contributed by atoms with E-state index in [1.54, 1.807) is 10.7 Å². The number of nitrogens with one attached hydrogen (secondary N) is 2. The molecule has 0 radical (unpaired) electrons. The van der Waals surface area contributed by atoms with Gasteiger partial charge in [-0.05, 0) is 37.1 Å². The van der Waals surface area contributed by atoms with Gasteiger partial charge in [0.1, 0.15) is 12.4 Å². The molecule has 1 aliphatic rings. The Hall–Kier alpha value is -4.19. The molecule has 0 spiro atoms.